The zero-order valence-electron chi connectivity index (χ0n) is 13.0. The summed E-state index contributed by atoms with van der Waals surface area (Å²) in [5.74, 6) is 0.0448. The summed E-state index contributed by atoms with van der Waals surface area (Å²) in [4.78, 5) is 14.5. The molecule has 21 heavy (non-hydrogen) atoms. The minimum absolute atomic E-state index is 0.0448. The predicted octanol–water partition coefficient (Wildman–Crippen LogP) is 2.36. The van der Waals surface area contributed by atoms with E-state index in [-0.39, 0.29) is 12.0 Å². The Morgan fingerprint density at radius 2 is 2.00 bits per heavy atom. The van der Waals surface area contributed by atoms with E-state index in [0.29, 0.717) is 6.54 Å². The molecule has 1 amide bonds. The standard InChI is InChI=1S/C17H26N2O2/c1-18-12-13-19(2)17(20)16(14-8-4-3-5-9-14)21-15-10-6-7-11-15/h3-5,8-9,15-16,18H,6-7,10-13H2,1-2H3. The molecule has 116 valence electrons. The van der Waals surface area contributed by atoms with Gasteiger partial charge in [-0.15, -0.1) is 0 Å². The molecular formula is C17H26N2O2. The first-order chi connectivity index (χ1) is 10.2. The third-order valence-electron chi connectivity index (χ3n) is 4.03. The number of hydrogen-bond donors (Lipinski definition) is 1. The minimum Gasteiger partial charge on any atom is -0.360 e. The van der Waals surface area contributed by atoms with E-state index in [1.165, 1.54) is 12.8 Å². The van der Waals surface area contributed by atoms with Crippen LogP contribution < -0.4 is 5.32 Å². The number of benzene rings is 1. The molecule has 1 fully saturated rings. The van der Waals surface area contributed by atoms with Gasteiger partial charge in [0.2, 0.25) is 0 Å². The molecule has 4 nitrogen and oxygen atoms in total. The molecule has 1 aliphatic carbocycles. The number of nitrogens with zero attached hydrogens (tertiary/aromatic N) is 1. The number of likely N-dealkylation sites (N-methyl/N-ethyl adjacent to an activating group) is 2. The van der Waals surface area contributed by atoms with Gasteiger partial charge in [-0.25, -0.2) is 0 Å². The Morgan fingerprint density at radius 1 is 1.33 bits per heavy atom. The zero-order valence-corrected chi connectivity index (χ0v) is 13.0. The third-order valence-corrected chi connectivity index (χ3v) is 4.03. The summed E-state index contributed by atoms with van der Waals surface area (Å²) in [6.45, 7) is 1.47. The van der Waals surface area contributed by atoms with Crippen molar-refractivity contribution in [1.82, 2.24) is 10.2 Å². The normalized spacial score (nSPS) is 16.9. The lowest BCUT2D eigenvalue weighted by atomic mass is 10.1. The Morgan fingerprint density at radius 3 is 2.62 bits per heavy atom. The van der Waals surface area contributed by atoms with Crippen molar-refractivity contribution in [1.29, 1.82) is 0 Å². The van der Waals surface area contributed by atoms with Gasteiger partial charge in [0.15, 0.2) is 6.10 Å². The van der Waals surface area contributed by atoms with Crippen LogP contribution in [0.4, 0.5) is 0 Å². The van der Waals surface area contributed by atoms with Crippen LogP contribution in [-0.4, -0.2) is 44.1 Å². The Labute approximate surface area is 127 Å². The van der Waals surface area contributed by atoms with Crippen molar-refractivity contribution in [3.8, 4) is 0 Å². The van der Waals surface area contributed by atoms with Gasteiger partial charge in [0.05, 0.1) is 6.10 Å². The maximum atomic E-state index is 12.7. The highest BCUT2D eigenvalue weighted by Gasteiger charge is 2.28. The largest absolute Gasteiger partial charge is 0.360 e. The summed E-state index contributed by atoms with van der Waals surface area (Å²) in [7, 11) is 3.73. The maximum Gasteiger partial charge on any atom is 0.256 e. The quantitative estimate of drug-likeness (QED) is 0.838. The summed E-state index contributed by atoms with van der Waals surface area (Å²) in [5.41, 5.74) is 0.950. The monoisotopic (exact) mass is 290 g/mol. The second kappa shape index (κ2) is 8.15. The van der Waals surface area contributed by atoms with Gasteiger partial charge in [0.1, 0.15) is 0 Å². The van der Waals surface area contributed by atoms with Crippen molar-refractivity contribution in [3.63, 3.8) is 0 Å². The highest BCUT2D eigenvalue weighted by molar-refractivity contribution is 5.82. The van der Waals surface area contributed by atoms with Crippen LogP contribution in [0.2, 0.25) is 0 Å². The maximum absolute atomic E-state index is 12.7. The smallest absolute Gasteiger partial charge is 0.256 e. The van der Waals surface area contributed by atoms with Gasteiger partial charge in [-0.3, -0.25) is 4.79 Å². The Hall–Kier alpha value is -1.39. The molecule has 0 radical (unpaired) electrons. The van der Waals surface area contributed by atoms with E-state index in [4.69, 9.17) is 4.74 Å². The lowest BCUT2D eigenvalue weighted by Gasteiger charge is -2.26. The van der Waals surface area contributed by atoms with E-state index in [9.17, 15) is 4.79 Å². The van der Waals surface area contributed by atoms with E-state index in [0.717, 1.165) is 24.9 Å². The van der Waals surface area contributed by atoms with Gasteiger partial charge in [0, 0.05) is 20.1 Å². The van der Waals surface area contributed by atoms with E-state index in [1.54, 1.807) is 4.90 Å². The first kappa shape index (κ1) is 16.0. The molecule has 4 heteroatoms. The van der Waals surface area contributed by atoms with Gasteiger partial charge in [0.25, 0.3) is 5.91 Å². The van der Waals surface area contributed by atoms with E-state index in [2.05, 4.69) is 5.32 Å². The molecule has 1 aliphatic rings. The van der Waals surface area contributed by atoms with Gasteiger partial charge < -0.3 is 15.0 Å². The fourth-order valence-electron chi connectivity index (χ4n) is 2.71. The van der Waals surface area contributed by atoms with Crippen LogP contribution in [0.5, 0.6) is 0 Å². The molecule has 1 atom stereocenters. The SMILES string of the molecule is CNCCN(C)C(=O)C(OC1CCCC1)c1ccccc1. The van der Waals surface area contributed by atoms with Gasteiger partial charge in [-0.05, 0) is 25.5 Å². The molecule has 0 heterocycles. The van der Waals surface area contributed by atoms with Gasteiger partial charge in [-0.2, -0.15) is 0 Å². The van der Waals surface area contributed by atoms with Crippen LogP contribution in [0, 0.1) is 0 Å². The highest BCUT2D eigenvalue weighted by Crippen LogP contribution is 2.28. The molecule has 0 aromatic heterocycles. The lowest BCUT2D eigenvalue weighted by Crippen LogP contribution is -2.38. The second-order valence-corrected chi connectivity index (χ2v) is 5.70. The Kier molecular flexibility index (Phi) is 6.21. The molecular weight excluding hydrogens is 264 g/mol. The zero-order chi connectivity index (χ0) is 15.1. The predicted molar refractivity (Wildman–Crippen MR) is 84.1 cm³/mol. The molecule has 1 saturated carbocycles. The molecule has 1 aromatic carbocycles. The van der Waals surface area contributed by atoms with Crippen molar-refractivity contribution < 1.29 is 9.53 Å². The second-order valence-electron chi connectivity index (χ2n) is 5.70. The van der Waals surface area contributed by atoms with Crippen LogP contribution in [-0.2, 0) is 9.53 Å². The van der Waals surface area contributed by atoms with Crippen LogP contribution in [0.3, 0.4) is 0 Å². The number of carbonyl (C=O) groups is 1. The van der Waals surface area contributed by atoms with E-state index in [1.807, 2.05) is 44.4 Å². The van der Waals surface area contributed by atoms with Crippen LogP contribution in [0.15, 0.2) is 30.3 Å². The molecule has 0 bridgehead atoms. The van der Waals surface area contributed by atoms with Crippen molar-refractivity contribution >= 4 is 5.91 Å². The average molecular weight is 290 g/mol. The van der Waals surface area contributed by atoms with Crippen LogP contribution in [0.25, 0.3) is 0 Å². The summed E-state index contributed by atoms with van der Waals surface area (Å²) in [6.07, 6.45) is 4.28. The third kappa shape index (κ3) is 4.55. The summed E-state index contributed by atoms with van der Waals surface area (Å²) in [6, 6.07) is 9.83. The molecule has 0 spiro atoms. The number of hydrogen-bond acceptors (Lipinski definition) is 3. The fourth-order valence-corrected chi connectivity index (χ4v) is 2.71. The molecule has 0 saturated heterocycles. The number of amides is 1. The van der Waals surface area contributed by atoms with Crippen LogP contribution in [0.1, 0.15) is 37.4 Å². The van der Waals surface area contributed by atoms with Crippen molar-refractivity contribution in [2.24, 2.45) is 0 Å². The van der Waals surface area contributed by atoms with Gasteiger partial charge >= 0.3 is 0 Å². The summed E-state index contributed by atoms with van der Waals surface area (Å²) in [5, 5.41) is 3.07. The topological polar surface area (TPSA) is 41.6 Å². The molecule has 2 rings (SSSR count). The summed E-state index contributed by atoms with van der Waals surface area (Å²) < 4.78 is 6.15. The molecule has 1 N–H and O–H groups in total. The number of rotatable bonds is 7. The number of carbonyl (C=O) groups excluding carboxylic acids is 1. The molecule has 1 unspecified atom stereocenters. The highest BCUT2D eigenvalue weighted by atomic mass is 16.5. The van der Waals surface area contributed by atoms with Crippen molar-refractivity contribution in [3.05, 3.63) is 35.9 Å². The Bertz CT molecular complexity index is 430. The number of ether oxygens (including phenoxy) is 1. The van der Waals surface area contributed by atoms with E-state index >= 15 is 0 Å². The van der Waals surface area contributed by atoms with Crippen molar-refractivity contribution in [2.45, 2.75) is 37.9 Å². The van der Waals surface area contributed by atoms with E-state index < -0.39 is 6.10 Å². The molecule has 1 aromatic rings. The number of nitrogens with one attached hydrogen (secondary N) is 1. The van der Waals surface area contributed by atoms with Crippen molar-refractivity contribution in [2.75, 3.05) is 27.2 Å². The Balaban J connectivity index is 2.08. The average Bonchev–Trinajstić information content (AvgIpc) is 3.03. The van der Waals surface area contributed by atoms with Gasteiger partial charge in [-0.1, -0.05) is 43.2 Å². The first-order valence-corrected chi connectivity index (χ1v) is 7.82. The van der Waals surface area contributed by atoms with Crippen LogP contribution >= 0.6 is 0 Å². The fraction of sp³-hybridized carbons (Fsp3) is 0.588. The molecule has 0 aliphatic heterocycles. The summed E-state index contributed by atoms with van der Waals surface area (Å²) >= 11 is 0. The lowest BCUT2D eigenvalue weighted by molar-refractivity contribution is -0.146. The minimum atomic E-state index is -0.476. The first-order valence-electron chi connectivity index (χ1n) is 7.82.